The van der Waals surface area contributed by atoms with Crippen molar-refractivity contribution in [1.82, 2.24) is 9.97 Å². The highest BCUT2D eigenvalue weighted by Crippen LogP contribution is 2.34. The number of hydrogen-bond donors (Lipinski definition) is 2. The van der Waals surface area contributed by atoms with Crippen LogP contribution in [0.2, 0.25) is 0 Å². The lowest BCUT2D eigenvalue weighted by atomic mass is 9.89. The number of rotatable bonds is 3. The van der Waals surface area contributed by atoms with Crippen LogP contribution in [0.4, 0.5) is 11.5 Å². The fraction of sp³-hybridized carbons (Fsp3) is 0.409. The Bertz CT molecular complexity index is 969. The SMILES string of the molecule is Cc1nc2c(nc1NC(=O)CC1=CC(C)C(Cl)CC1)CCc1cc(N)ccc1-2. The first-order valence-electron chi connectivity index (χ1n) is 9.80. The minimum atomic E-state index is -0.0483. The van der Waals surface area contributed by atoms with Crippen molar-refractivity contribution in [3.8, 4) is 11.3 Å². The molecule has 1 amide bonds. The van der Waals surface area contributed by atoms with Crippen LogP contribution in [0.15, 0.2) is 29.8 Å². The Morgan fingerprint density at radius 3 is 2.89 bits per heavy atom. The van der Waals surface area contributed by atoms with Crippen molar-refractivity contribution in [2.24, 2.45) is 5.92 Å². The Morgan fingerprint density at radius 1 is 1.29 bits per heavy atom. The summed E-state index contributed by atoms with van der Waals surface area (Å²) in [6.45, 7) is 3.98. The maximum Gasteiger partial charge on any atom is 0.229 e. The van der Waals surface area contributed by atoms with E-state index >= 15 is 0 Å². The number of carbonyl (C=O) groups excluding carboxylic acids is 1. The van der Waals surface area contributed by atoms with Crippen LogP contribution in [-0.4, -0.2) is 21.3 Å². The molecule has 2 aliphatic rings. The lowest BCUT2D eigenvalue weighted by molar-refractivity contribution is -0.115. The van der Waals surface area contributed by atoms with E-state index in [1.54, 1.807) is 0 Å². The second kappa shape index (κ2) is 7.55. The molecule has 0 saturated carbocycles. The average molecular weight is 397 g/mol. The predicted molar refractivity (Wildman–Crippen MR) is 113 cm³/mol. The molecule has 1 aromatic carbocycles. The Labute approximate surface area is 170 Å². The normalized spacial score (nSPS) is 20.8. The van der Waals surface area contributed by atoms with Gasteiger partial charge in [0.05, 0.1) is 17.1 Å². The summed E-state index contributed by atoms with van der Waals surface area (Å²) in [7, 11) is 0. The van der Waals surface area contributed by atoms with Gasteiger partial charge in [0, 0.05) is 23.0 Å². The number of anilines is 2. The van der Waals surface area contributed by atoms with E-state index in [1.165, 1.54) is 5.56 Å². The van der Waals surface area contributed by atoms with Crippen LogP contribution in [0, 0.1) is 12.8 Å². The number of hydrogen-bond acceptors (Lipinski definition) is 4. The Kier molecular flexibility index (Phi) is 5.11. The third-order valence-electron chi connectivity index (χ3n) is 5.61. The summed E-state index contributed by atoms with van der Waals surface area (Å²) < 4.78 is 0. The van der Waals surface area contributed by atoms with Crippen LogP contribution in [0.1, 0.15) is 43.1 Å². The Balaban J connectivity index is 1.53. The van der Waals surface area contributed by atoms with E-state index in [-0.39, 0.29) is 11.3 Å². The van der Waals surface area contributed by atoms with Gasteiger partial charge in [-0.2, -0.15) is 0 Å². The van der Waals surface area contributed by atoms with Crippen molar-refractivity contribution in [2.75, 3.05) is 11.1 Å². The van der Waals surface area contributed by atoms with Crippen molar-refractivity contribution in [2.45, 2.75) is 51.3 Å². The van der Waals surface area contributed by atoms with Gasteiger partial charge in [0.1, 0.15) is 0 Å². The summed E-state index contributed by atoms with van der Waals surface area (Å²) in [5.74, 6) is 0.813. The third-order valence-corrected chi connectivity index (χ3v) is 6.23. The molecule has 0 fully saturated rings. The molecule has 5 nitrogen and oxygen atoms in total. The van der Waals surface area contributed by atoms with Crippen molar-refractivity contribution in [3.63, 3.8) is 0 Å². The molecule has 2 unspecified atom stereocenters. The van der Waals surface area contributed by atoms with E-state index in [1.807, 2.05) is 25.1 Å². The highest BCUT2D eigenvalue weighted by atomic mass is 35.5. The van der Waals surface area contributed by atoms with Crippen LogP contribution in [0.3, 0.4) is 0 Å². The van der Waals surface area contributed by atoms with E-state index in [0.717, 1.165) is 59.6 Å². The highest BCUT2D eigenvalue weighted by Gasteiger charge is 2.23. The summed E-state index contributed by atoms with van der Waals surface area (Å²) in [5, 5.41) is 3.13. The van der Waals surface area contributed by atoms with Crippen LogP contribution in [0.25, 0.3) is 11.3 Å². The summed E-state index contributed by atoms with van der Waals surface area (Å²) in [4.78, 5) is 22.0. The molecule has 146 valence electrons. The number of fused-ring (bicyclic) bond motifs is 3. The van der Waals surface area contributed by atoms with Crippen molar-refractivity contribution in [3.05, 3.63) is 46.8 Å². The number of nitrogen functional groups attached to an aromatic ring is 1. The maximum absolute atomic E-state index is 12.6. The quantitative estimate of drug-likeness (QED) is 0.457. The first-order chi connectivity index (χ1) is 13.4. The van der Waals surface area contributed by atoms with Gasteiger partial charge in [0.2, 0.25) is 5.91 Å². The number of aromatic nitrogens is 2. The van der Waals surface area contributed by atoms with E-state index in [4.69, 9.17) is 27.3 Å². The minimum absolute atomic E-state index is 0.0483. The highest BCUT2D eigenvalue weighted by molar-refractivity contribution is 6.21. The molecular weight excluding hydrogens is 372 g/mol. The fourth-order valence-electron chi connectivity index (χ4n) is 4.04. The molecule has 0 aliphatic heterocycles. The summed E-state index contributed by atoms with van der Waals surface area (Å²) in [6.07, 6.45) is 5.98. The van der Waals surface area contributed by atoms with Gasteiger partial charge in [-0.05, 0) is 56.2 Å². The number of allylic oxidation sites excluding steroid dienone is 1. The van der Waals surface area contributed by atoms with Crippen LogP contribution >= 0.6 is 11.6 Å². The molecule has 28 heavy (non-hydrogen) atoms. The molecule has 1 heterocycles. The van der Waals surface area contributed by atoms with Crippen molar-refractivity contribution < 1.29 is 4.79 Å². The number of nitrogens with one attached hydrogen (secondary N) is 1. The van der Waals surface area contributed by atoms with Gasteiger partial charge in [-0.25, -0.2) is 9.97 Å². The van der Waals surface area contributed by atoms with Crippen molar-refractivity contribution in [1.29, 1.82) is 0 Å². The van der Waals surface area contributed by atoms with E-state index in [9.17, 15) is 4.79 Å². The number of aryl methyl sites for hydroxylation is 3. The molecule has 2 atom stereocenters. The fourth-order valence-corrected chi connectivity index (χ4v) is 4.22. The van der Waals surface area contributed by atoms with Gasteiger partial charge in [0.25, 0.3) is 0 Å². The predicted octanol–water partition coefficient (Wildman–Crippen LogP) is 4.43. The zero-order valence-electron chi connectivity index (χ0n) is 16.3. The lowest BCUT2D eigenvalue weighted by Crippen LogP contribution is -2.20. The largest absolute Gasteiger partial charge is 0.399 e. The number of amides is 1. The molecule has 2 aliphatic carbocycles. The number of alkyl halides is 1. The Morgan fingerprint density at radius 2 is 2.11 bits per heavy atom. The molecule has 6 heteroatoms. The van der Waals surface area contributed by atoms with Crippen molar-refractivity contribution >= 4 is 29.0 Å². The topological polar surface area (TPSA) is 80.9 Å². The average Bonchev–Trinajstić information content (AvgIpc) is 2.65. The molecule has 0 spiro atoms. The van der Waals surface area contributed by atoms with E-state index in [0.29, 0.717) is 18.2 Å². The van der Waals surface area contributed by atoms with Gasteiger partial charge in [-0.15, -0.1) is 11.6 Å². The van der Waals surface area contributed by atoms with E-state index < -0.39 is 0 Å². The second-order valence-electron chi connectivity index (χ2n) is 7.83. The molecule has 1 aromatic heterocycles. The first kappa shape index (κ1) is 18.9. The minimum Gasteiger partial charge on any atom is -0.399 e. The van der Waals surface area contributed by atoms with Gasteiger partial charge >= 0.3 is 0 Å². The summed E-state index contributed by atoms with van der Waals surface area (Å²) in [5.41, 5.74) is 12.7. The van der Waals surface area contributed by atoms with Gasteiger partial charge in [0.15, 0.2) is 5.82 Å². The zero-order valence-corrected chi connectivity index (χ0v) is 17.0. The summed E-state index contributed by atoms with van der Waals surface area (Å²) >= 11 is 6.26. The summed E-state index contributed by atoms with van der Waals surface area (Å²) in [6, 6.07) is 5.91. The molecular formula is C22H25ClN4O. The molecule has 0 radical (unpaired) electrons. The smallest absolute Gasteiger partial charge is 0.229 e. The zero-order chi connectivity index (χ0) is 19.8. The van der Waals surface area contributed by atoms with Crippen LogP contribution in [0.5, 0.6) is 0 Å². The molecule has 2 aromatic rings. The molecule has 3 N–H and O–H groups in total. The molecule has 0 saturated heterocycles. The monoisotopic (exact) mass is 396 g/mol. The number of nitrogens with two attached hydrogens (primary N) is 1. The molecule has 4 rings (SSSR count). The molecule has 0 bridgehead atoms. The Hall–Kier alpha value is -2.40. The maximum atomic E-state index is 12.6. The number of nitrogens with zero attached hydrogens (tertiary/aromatic N) is 2. The number of carbonyl (C=O) groups is 1. The second-order valence-corrected chi connectivity index (χ2v) is 8.39. The van der Waals surface area contributed by atoms with E-state index in [2.05, 4.69) is 18.3 Å². The third kappa shape index (κ3) is 3.76. The van der Waals surface area contributed by atoms with Gasteiger partial charge < -0.3 is 11.1 Å². The number of benzene rings is 1. The standard InChI is InChI=1S/C22H25ClN4O/c1-12-9-14(3-7-18(12)23)10-20(28)27-22-13(2)25-21-17-6-5-16(24)11-15(17)4-8-19(21)26-22/h5-6,9,11-12,18H,3-4,7-8,10,24H2,1-2H3,(H,26,27,28). The number of halogens is 1. The van der Waals surface area contributed by atoms with Gasteiger partial charge in [-0.1, -0.05) is 24.6 Å². The lowest BCUT2D eigenvalue weighted by Gasteiger charge is -2.23. The first-order valence-corrected chi connectivity index (χ1v) is 10.2. The van der Waals surface area contributed by atoms with Crippen LogP contribution in [-0.2, 0) is 17.6 Å². The van der Waals surface area contributed by atoms with Gasteiger partial charge in [-0.3, -0.25) is 4.79 Å². The van der Waals surface area contributed by atoms with Crippen LogP contribution < -0.4 is 11.1 Å².